The van der Waals surface area contributed by atoms with E-state index in [1.807, 2.05) is 29.3 Å². The summed E-state index contributed by atoms with van der Waals surface area (Å²) in [5.41, 5.74) is 1.54. The standard InChI is InChI=1S/C23H26BrN5O4/c1-23(7-6-15-12-33-22(30)29(15)13-23)21-27-19(24)18-20(25-8-9-28(18)21)26-11-14-4-5-16(31-2)10-17(14)32-3/h4-5,8-10,15H,6-7,11-13H2,1-3H3,(H,25,26). The third kappa shape index (κ3) is 3.76. The van der Waals surface area contributed by atoms with Crippen LogP contribution >= 0.6 is 15.9 Å². The Morgan fingerprint density at radius 2 is 2.18 bits per heavy atom. The van der Waals surface area contributed by atoms with E-state index in [4.69, 9.17) is 19.2 Å². The SMILES string of the molecule is COc1ccc(CNc2nccn3c(C4(C)CCC5COC(=O)N5C4)nc(Br)c23)c(OC)c1. The van der Waals surface area contributed by atoms with Crippen molar-refractivity contribution < 1.29 is 19.0 Å². The number of nitrogens with zero attached hydrogens (tertiary/aromatic N) is 4. The van der Waals surface area contributed by atoms with Gasteiger partial charge < -0.3 is 24.4 Å². The van der Waals surface area contributed by atoms with Crippen molar-refractivity contribution in [3.63, 3.8) is 0 Å². The first-order valence-corrected chi connectivity index (χ1v) is 11.6. The first-order valence-electron chi connectivity index (χ1n) is 10.8. The number of piperidine rings is 1. The molecule has 0 saturated carbocycles. The molecule has 3 aromatic rings. The van der Waals surface area contributed by atoms with E-state index in [-0.39, 0.29) is 17.6 Å². The average Bonchev–Trinajstić information content (AvgIpc) is 3.37. The van der Waals surface area contributed by atoms with E-state index in [1.165, 1.54) is 0 Å². The van der Waals surface area contributed by atoms with Crippen LogP contribution in [0.4, 0.5) is 10.6 Å². The van der Waals surface area contributed by atoms with Crippen molar-refractivity contribution in [1.82, 2.24) is 19.3 Å². The summed E-state index contributed by atoms with van der Waals surface area (Å²) in [5, 5.41) is 3.42. The van der Waals surface area contributed by atoms with Crippen molar-refractivity contribution in [2.24, 2.45) is 0 Å². The van der Waals surface area contributed by atoms with Crippen LogP contribution in [-0.4, -0.2) is 58.8 Å². The van der Waals surface area contributed by atoms with Gasteiger partial charge in [0.05, 0.1) is 20.3 Å². The lowest BCUT2D eigenvalue weighted by molar-refractivity contribution is 0.131. The maximum Gasteiger partial charge on any atom is 0.410 e. The number of cyclic esters (lactones) is 1. The van der Waals surface area contributed by atoms with E-state index in [0.717, 1.165) is 41.2 Å². The molecule has 2 atom stereocenters. The third-order valence-electron chi connectivity index (χ3n) is 6.62. The number of carbonyl (C=O) groups is 1. The molecule has 9 nitrogen and oxygen atoms in total. The van der Waals surface area contributed by atoms with E-state index in [9.17, 15) is 4.79 Å². The fourth-order valence-corrected chi connectivity index (χ4v) is 5.32. The first kappa shape index (κ1) is 21.8. The van der Waals surface area contributed by atoms with Gasteiger partial charge >= 0.3 is 6.09 Å². The number of benzene rings is 1. The van der Waals surface area contributed by atoms with E-state index in [1.54, 1.807) is 20.4 Å². The highest BCUT2D eigenvalue weighted by molar-refractivity contribution is 9.10. The van der Waals surface area contributed by atoms with Gasteiger partial charge in [0.25, 0.3) is 0 Å². The summed E-state index contributed by atoms with van der Waals surface area (Å²) in [7, 11) is 3.27. The Kier molecular flexibility index (Phi) is 5.55. The minimum absolute atomic E-state index is 0.165. The molecule has 10 heteroatoms. The fourth-order valence-electron chi connectivity index (χ4n) is 4.77. The minimum atomic E-state index is -0.299. The van der Waals surface area contributed by atoms with E-state index >= 15 is 0 Å². The minimum Gasteiger partial charge on any atom is -0.497 e. The summed E-state index contributed by atoms with van der Waals surface area (Å²) in [6, 6.07) is 5.90. The Hall–Kier alpha value is -3.01. The molecular weight excluding hydrogens is 490 g/mol. The lowest BCUT2D eigenvalue weighted by atomic mass is 9.79. The molecule has 0 bridgehead atoms. The monoisotopic (exact) mass is 515 g/mol. The summed E-state index contributed by atoms with van der Waals surface area (Å²) >= 11 is 3.64. The molecule has 0 spiro atoms. The van der Waals surface area contributed by atoms with Crippen molar-refractivity contribution in [2.45, 2.75) is 37.8 Å². The van der Waals surface area contributed by atoms with Crippen LogP contribution in [0.5, 0.6) is 11.5 Å². The zero-order chi connectivity index (χ0) is 23.2. The number of amides is 1. The van der Waals surface area contributed by atoms with Crippen LogP contribution in [0.2, 0.25) is 0 Å². The lowest BCUT2D eigenvalue weighted by Crippen LogP contribution is -2.49. The molecular formula is C23H26BrN5O4. The zero-order valence-electron chi connectivity index (χ0n) is 18.8. The van der Waals surface area contributed by atoms with Gasteiger partial charge in [-0.15, -0.1) is 0 Å². The second-order valence-electron chi connectivity index (χ2n) is 8.71. The predicted molar refractivity (Wildman–Crippen MR) is 126 cm³/mol. The summed E-state index contributed by atoms with van der Waals surface area (Å²) < 4.78 is 18.8. The van der Waals surface area contributed by atoms with Gasteiger partial charge in [-0.2, -0.15) is 0 Å². The topological polar surface area (TPSA) is 90.2 Å². The molecule has 5 rings (SSSR count). The molecule has 0 radical (unpaired) electrons. The van der Waals surface area contributed by atoms with Gasteiger partial charge in [-0.25, -0.2) is 14.8 Å². The predicted octanol–water partition coefficient (Wildman–Crippen LogP) is 3.99. The summed E-state index contributed by atoms with van der Waals surface area (Å²) in [6.45, 7) is 3.74. The lowest BCUT2D eigenvalue weighted by Gasteiger charge is -2.39. The maximum atomic E-state index is 12.2. The van der Waals surface area contributed by atoms with Crippen molar-refractivity contribution in [3.8, 4) is 11.5 Å². The number of ether oxygens (including phenoxy) is 3. The summed E-state index contributed by atoms with van der Waals surface area (Å²) in [5.74, 6) is 3.08. The number of imidazole rings is 1. The van der Waals surface area contributed by atoms with Crippen LogP contribution in [0.1, 0.15) is 31.2 Å². The molecule has 2 unspecified atom stereocenters. The third-order valence-corrected chi connectivity index (χ3v) is 7.17. The Morgan fingerprint density at radius 3 is 2.97 bits per heavy atom. The number of anilines is 1. The van der Waals surface area contributed by atoms with Crippen LogP contribution in [0.25, 0.3) is 5.52 Å². The van der Waals surface area contributed by atoms with E-state index in [2.05, 4.69) is 37.6 Å². The van der Waals surface area contributed by atoms with Crippen LogP contribution in [-0.2, 0) is 16.7 Å². The Labute approximate surface area is 200 Å². The smallest absolute Gasteiger partial charge is 0.410 e. The number of carbonyl (C=O) groups excluding carboxylic acids is 1. The highest BCUT2D eigenvalue weighted by atomic mass is 79.9. The van der Waals surface area contributed by atoms with Gasteiger partial charge in [0.2, 0.25) is 0 Å². The van der Waals surface area contributed by atoms with Crippen LogP contribution in [0, 0.1) is 0 Å². The van der Waals surface area contributed by atoms with Gasteiger partial charge in [-0.3, -0.25) is 4.40 Å². The van der Waals surface area contributed by atoms with E-state index in [0.29, 0.717) is 30.1 Å². The van der Waals surface area contributed by atoms with Crippen molar-refractivity contribution in [1.29, 1.82) is 0 Å². The van der Waals surface area contributed by atoms with Crippen molar-refractivity contribution in [3.05, 3.63) is 46.6 Å². The highest BCUT2D eigenvalue weighted by Gasteiger charge is 2.46. The Balaban J connectivity index is 1.45. The normalized spacial score (nSPS) is 22.2. The van der Waals surface area contributed by atoms with Crippen LogP contribution in [0.15, 0.2) is 35.2 Å². The number of aromatic nitrogens is 3. The number of nitrogens with one attached hydrogen (secondary N) is 1. The van der Waals surface area contributed by atoms with Crippen LogP contribution in [0.3, 0.4) is 0 Å². The molecule has 2 aliphatic rings. The second-order valence-corrected chi connectivity index (χ2v) is 9.46. The fraction of sp³-hybridized carbons (Fsp3) is 0.435. The molecule has 1 amide bonds. The van der Waals surface area contributed by atoms with Crippen molar-refractivity contribution in [2.75, 3.05) is 32.7 Å². The number of hydrogen-bond donors (Lipinski definition) is 1. The van der Waals surface area contributed by atoms with Gasteiger partial charge in [0.15, 0.2) is 5.82 Å². The number of hydrogen-bond acceptors (Lipinski definition) is 7. The van der Waals surface area contributed by atoms with Gasteiger partial charge in [-0.05, 0) is 40.9 Å². The molecule has 2 aliphatic heterocycles. The molecule has 1 aromatic carbocycles. The molecule has 2 aromatic heterocycles. The van der Waals surface area contributed by atoms with Gasteiger partial charge in [0, 0.05) is 42.5 Å². The highest BCUT2D eigenvalue weighted by Crippen LogP contribution is 2.40. The molecule has 4 heterocycles. The molecule has 1 N–H and O–H groups in total. The summed E-state index contributed by atoms with van der Waals surface area (Å²) in [6.07, 6.45) is 5.26. The number of halogens is 1. The van der Waals surface area contributed by atoms with E-state index < -0.39 is 0 Å². The average molecular weight is 516 g/mol. The molecule has 174 valence electrons. The largest absolute Gasteiger partial charge is 0.497 e. The summed E-state index contributed by atoms with van der Waals surface area (Å²) in [4.78, 5) is 23.5. The van der Waals surface area contributed by atoms with Gasteiger partial charge in [-0.1, -0.05) is 6.92 Å². The Bertz CT molecular complexity index is 1220. The molecule has 33 heavy (non-hydrogen) atoms. The maximum absolute atomic E-state index is 12.2. The van der Waals surface area contributed by atoms with Crippen molar-refractivity contribution >= 4 is 33.4 Å². The number of rotatable bonds is 6. The molecule has 0 aliphatic carbocycles. The number of fused-ring (bicyclic) bond motifs is 2. The second kappa shape index (κ2) is 8.40. The van der Waals surface area contributed by atoms with Crippen LogP contribution < -0.4 is 14.8 Å². The zero-order valence-corrected chi connectivity index (χ0v) is 20.4. The Morgan fingerprint density at radius 1 is 1.33 bits per heavy atom. The number of methoxy groups -OCH3 is 2. The molecule has 2 saturated heterocycles. The molecule has 2 fully saturated rings. The quantitative estimate of drug-likeness (QED) is 0.530. The first-order chi connectivity index (χ1) is 15.9. The van der Waals surface area contributed by atoms with Gasteiger partial charge in [0.1, 0.15) is 34.1 Å².